The topological polar surface area (TPSA) is 45.0 Å². The van der Waals surface area contributed by atoms with Gasteiger partial charge < -0.3 is 10.1 Å². The number of benzene rings is 2. The zero-order chi connectivity index (χ0) is 13.0. The van der Waals surface area contributed by atoms with Crippen LogP contribution in [0.4, 0.5) is 11.4 Å². The van der Waals surface area contributed by atoms with Crippen LogP contribution in [0.2, 0.25) is 5.02 Å². The van der Waals surface area contributed by atoms with Crippen LogP contribution < -0.4 is 10.1 Å². The summed E-state index contributed by atoms with van der Waals surface area (Å²) in [4.78, 5) is 0. The van der Waals surface area contributed by atoms with E-state index in [2.05, 4.69) is 5.32 Å². The van der Waals surface area contributed by atoms with Crippen molar-refractivity contribution < 1.29 is 4.74 Å². The average Bonchev–Trinajstić information content (AvgIpc) is 2.41. The molecule has 2 rings (SSSR count). The summed E-state index contributed by atoms with van der Waals surface area (Å²) >= 11 is 6.09. The molecule has 18 heavy (non-hydrogen) atoms. The minimum absolute atomic E-state index is 0.511. The number of nitriles is 1. The lowest BCUT2D eigenvalue weighted by atomic mass is 10.2. The van der Waals surface area contributed by atoms with Gasteiger partial charge in [0, 0.05) is 11.8 Å². The SMILES string of the molecule is COc1cccc(Nc2ccc(C#N)cc2Cl)c1. The third-order valence-electron chi connectivity index (χ3n) is 2.45. The maximum atomic E-state index is 8.77. The van der Waals surface area contributed by atoms with Crippen LogP contribution in [0.3, 0.4) is 0 Å². The molecule has 4 heteroatoms. The fraction of sp³-hybridized carbons (Fsp3) is 0.0714. The van der Waals surface area contributed by atoms with Crippen molar-refractivity contribution in [2.75, 3.05) is 12.4 Å². The highest BCUT2D eigenvalue weighted by Crippen LogP contribution is 2.27. The maximum absolute atomic E-state index is 8.77. The predicted octanol–water partition coefficient (Wildman–Crippen LogP) is 3.96. The van der Waals surface area contributed by atoms with Crippen molar-refractivity contribution in [3.63, 3.8) is 0 Å². The van der Waals surface area contributed by atoms with Crippen LogP contribution in [-0.4, -0.2) is 7.11 Å². The third kappa shape index (κ3) is 2.73. The molecule has 1 N–H and O–H groups in total. The van der Waals surface area contributed by atoms with Crippen molar-refractivity contribution in [1.82, 2.24) is 0 Å². The van der Waals surface area contributed by atoms with Crippen molar-refractivity contribution in [3.05, 3.63) is 53.1 Å². The summed E-state index contributed by atoms with van der Waals surface area (Å²) in [6, 6.07) is 14.7. The second-order valence-corrected chi connectivity index (χ2v) is 4.07. The van der Waals surface area contributed by atoms with Crippen molar-refractivity contribution in [1.29, 1.82) is 5.26 Å². The van der Waals surface area contributed by atoms with E-state index in [0.717, 1.165) is 17.1 Å². The summed E-state index contributed by atoms with van der Waals surface area (Å²) in [5.41, 5.74) is 2.17. The van der Waals surface area contributed by atoms with E-state index in [1.165, 1.54) is 0 Å². The van der Waals surface area contributed by atoms with E-state index in [-0.39, 0.29) is 0 Å². The van der Waals surface area contributed by atoms with Crippen LogP contribution in [0.1, 0.15) is 5.56 Å². The van der Waals surface area contributed by atoms with E-state index in [0.29, 0.717) is 10.6 Å². The van der Waals surface area contributed by atoms with E-state index >= 15 is 0 Å². The molecule has 0 amide bonds. The monoisotopic (exact) mass is 258 g/mol. The van der Waals surface area contributed by atoms with Gasteiger partial charge >= 0.3 is 0 Å². The van der Waals surface area contributed by atoms with Crippen molar-refractivity contribution in [2.45, 2.75) is 0 Å². The Hall–Kier alpha value is -2.18. The van der Waals surface area contributed by atoms with E-state index < -0.39 is 0 Å². The number of hydrogen-bond donors (Lipinski definition) is 1. The Morgan fingerprint density at radius 1 is 1.22 bits per heavy atom. The van der Waals surface area contributed by atoms with Gasteiger partial charge in [0.25, 0.3) is 0 Å². The molecule has 3 nitrogen and oxygen atoms in total. The number of rotatable bonds is 3. The molecular formula is C14H11ClN2O. The first-order chi connectivity index (χ1) is 8.72. The normalized spacial score (nSPS) is 9.61. The van der Waals surface area contributed by atoms with Crippen LogP contribution in [0, 0.1) is 11.3 Å². The number of nitrogens with one attached hydrogen (secondary N) is 1. The molecule has 0 atom stereocenters. The third-order valence-corrected chi connectivity index (χ3v) is 2.76. The highest BCUT2D eigenvalue weighted by Gasteiger charge is 2.03. The molecule has 0 spiro atoms. The molecule has 0 aliphatic heterocycles. The number of halogens is 1. The lowest BCUT2D eigenvalue weighted by molar-refractivity contribution is 0.415. The number of nitrogens with zero attached hydrogens (tertiary/aromatic N) is 1. The molecule has 0 fully saturated rings. The van der Waals surface area contributed by atoms with E-state index in [4.69, 9.17) is 21.6 Å². The van der Waals surface area contributed by atoms with Gasteiger partial charge in [0.2, 0.25) is 0 Å². The van der Waals surface area contributed by atoms with Crippen molar-refractivity contribution in [2.24, 2.45) is 0 Å². The van der Waals surface area contributed by atoms with Gasteiger partial charge in [-0.25, -0.2) is 0 Å². The maximum Gasteiger partial charge on any atom is 0.120 e. The molecule has 0 aliphatic carbocycles. The second-order valence-electron chi connectivity index (χ2n) is 3.66. The summed E-state index contributed by atoms with van der Waals surface area (Å²) in [5.74, 6) is 0.768. The highest BCUT2D eigenvalue weighted by molar-refractivity contribution is 6.33. The molecule has 0 saturated heterocycles. The Morgan fingerprint density at radius 3 is 2.72 bits per heavy atom. The van der Waals surface area contributed by atoms with Gasteiger partial charge in [-0.3, -0.25) is 0 Å². The van der Waals surface area contributed by atoms with Gasteiger partial charge in [-0.1, -0.05) is 17.7 Å². The molecule has 0 unspecified atom stereocenters. The summed E-state index contributed by atoms with van der Waals surface area (Å²) < 4.78 is 5.14. The molecule has 0 radical (unpaired) electrons. The van der Waals surface area contributed by atoms with Crippen LogP contribution in [0.15, 0.2) is 42.5 Å². The fourth-order valence-electron chi connectivity index (χ4n) is 1.54. The molecule has 0 aromatic heterocycles. The predicted molar refractivity (Wildman–Crippen MR) is 72.4 cm³/mol. The first-order valence-electron chi connectivity index (χ1n) is 5.33. The number of anilines is 2. The molecule has 0 heterocycles. The van der Waals surface area contributed by atoms with Gasteiger partial charge in [0.15, 0.2) is 0 Å². The lowest BCUT2D eigenvalue weighted by Gasteiger charge is -2.09. The van der Waals surface area contributed by atoms with E-state index in [1.54, 1.807) is 25.3 Å². The van der Waals surface area contributed by atoms with E-state index in [1.807, 2.05) is 30.3 Å². The van der Waals surface area contributed by atoms with Gasteiger partial charge in [0.05, 0.1) is 29.5 Å². The largest absolute Gasteiger partial charge is 0.497 e. The second kappa shape index (κ2) is 5.44. The number of hydrogen-bond acceptors (Lipinski definition) is 3. The molecule has 90 valence electrons. The molecule has 0 bridgehead atoms. The van der Waals surface area contributed by atoms with Crippen molar-refractivity contribution >= 4 is 23.0 Å². The first kappa shape index (κ1) is 12.3. The lowest BCUT2D eigenvalue weighted by Crippen LogP contribution is -1.92. The number of ether oxygens (including phenoxy) is 1. The van der Waals surface area contributed by atoms with E-state index in [9.17, 15) is 0 Å². The van der Waals surface area contributed by atoms with Gasteiger partial charge in [0.1, 0.15) is 5.75 Å². The van der Waals surface area contributed by atoms with Gasteiger partial charge in [-0.05, 0) is 30.3 Å². The Morgan fingerprint density at radius 2 is 2.06 bits per heavy atom. The Bertz CT molecular complexity index is 605. The summed E-state index contributed by atoms with van der Waals surface area (Å²) in [6.07, 6.45) is 0. The zero-order valence-corrected chi connectivity index (χ0v) is 10.5. The van der Waals surface area contributed by atoms with Gasteiger partial charge in [-0.15, -0.1) is 0 Å². The average molecular weight is 259 g/mol. The Balaban J connectivity index is 2.26. The van der Waals surface area contributed by atoms with Crippen LogP contribution in [0.25, 0.3) is 0 Å². The summed E-state index contributed by atoms with van der Waals surface area (Å²) in [6.45, 7) is 0. The standard InChI is InChI=1S/C14H11ClN2O/c1-18-12-4-2-3-11(8-12)17-14-6-5-10(9-16)7-13(14)15/h2-8,17H,1H3. The number of methoxy groups -OCH3 is 1. The smallest absolute Gasteiger partial charge is 0.120 e. The highest BCUT2D eigenvalue weighted by atomic mass is 35.5. The summed E-state index contributed by atoms with van der Waals surface area (Å²) in [7, 11) is 1.62. The van der Waals surface area contributed by atoms with Crippen molar-refractivity contribution in [3.8, 4) is 11.8 Å². The van der Waals surface area contributed by atoms with Crippen LogP contribution >= 0.6 is 11.6 Å². The summed E-state index contributed by atoms with van der Waals surface area (Å²) in [5, 5.41) is 12.5. The quantitative estimate of drug-likeness (QED) is 0.906. The minimum atomic E-state index is 0.511. The Kier molecular flexibility index (Phi) is 3.71. The molecular weight excluding hydrogens is 248 g/mol. The molecule has 0 saturated carbocycles. The Labute approximate surface area is 111 Å². The van der Waals surface area contributed by atoms with Crippen LogP contribution in [-0.2, 0) is 0 Å². The van der Waals surface area contributed by atoms with Crippen LogP contribution in [0.5, 0.6) is 5.75 Å². The van der Waals surface area contributed by atoms with Gasteiger partial charge in [-0.2, -0.15) is 5.26 Å². The molecule has 2 aromatic carbocycles. The fourth-order valence-corrected chi connectivity index (χ4v) is 1.77. The molecule has 0 aliphatic rings. The minimum Gasteiger partial charge on any atom is -0.497 e. The zero-order valence-electron chi connectivity index (χ0n) is 9.77. The first-order valence-corrected chi connectivity index (χ1v) is 5.71. The molecule has 2 aromatic rings.